The molecule has 2 aliphatic heterocycles. The van der Waals surface area contributed by atoms with Gasteiger partial charge < -0.3 is 19.4 Å². The molecule has 3 aromatic rings. The predicted octanol–water partition coefficient (Wildman–Crippen LogP) is 5.76. The Morgan fingerprint density at radius 2 is 1.93 bits per heavy atom. The number of halogens is 2. The highest BCUT2D eigenvalue weighted by molar-refractivity contribution is 5.95. The number of rotatable bonds is 9. The van der Waals surface area contributed by atoms with Crippen LogP contribution in [0.25, 0.3) is 22.0 Å². The number of likely N-dealkylation sites (tertiary alicyclic amines) is 1. The van der Waals surface area contributed by atoms with Crippen molar-refractivity contribution in [3.63, 3.8) is 0 Å². The van der Waals surface area contributed by atoms with Crippen LogP contribution in [-0.2, 0) is 11.2 Å². The van der Waals surface area contributed by atoms with Gasteiger partial charge in [-0.15, -0.1) is 0 Å². The molecule has 46 heavy (non-hydrogen) atoms. The number of hydrogen-bond acceptors (Lipinski definition) is 7. The minimum Gasteiger partial charge on any atom is -0.463 e. The Kier molecular flexibility index (Phi) is 7.20. The van der Waals surface area contributed by atoms with Crippen LogP contribution < -0.4 is 9.64 Å². The number of aromatic nitrogens is 2. The summed E-state index contributed by atoms with van der Waals surface area (Å²) in [5, 5.41) is 10.1. The van der Waals surface area contributed by atoms with Crippen molar-refractivity contribution in [3.05, 3.63) is 59.7 Å². The fraction of sp³-hybridized carbons (Fsp3) is 0.500. The van der Waals surface area contributed by atoms with Crippen molar-refractivity contribution >= 4 is 22.6 Å². The molecule has 0 spiro atoms. The minimum absolute atomic E-state index is 0.0146. The molecular weight excluding hydrogens is 586 g/mol. The zero-order chi connectivity index (χ0) is 31.6. The monoisotopic (exact) mass is 624 g/mol. The number of nitriles is 1. The molecule has 3 atom stereocenters. The molecule has 2 aromatic carbocycles. The molecule has 3 heterocycles. The lowest BCUT2D eigenvalue weighted by Gasteiger charge is -2.41. The van der Waals surface area contributed by atoms with E-state index >= 15 is 4.39 Å². The molecule has 1 amide bonds. The molecule has 0 unspecified atom stereocenters. The van der Waals surface area contributed by atoms with Crippen molar-refractivity contribution in [1.82, 2.24) is 19.8 Å². The fourth-order valence-electron chi connectivity index (χ4n) is 8.12. The summed E-state index contributed by atoms with van der Waals surface area (Å²) < 4.78 is 37.0. The van der Waals surface area contributed by atoms with Gasteiger partial charge in [0.05, 0.1) is 25.1 Å². The summed E-state index contributed by atoms with van der Waals surface area (Å²) in [4.78, 5) is 27.9. The van der Waals surface area contributed by atoms with Gasteiger partial charge in [-0.25, -0.2) is 8.78 Å². The second-order valence-corrected chi connectivity index (χ2v) is 14.0. The summed E-state index contributed by atoms with van der Waals surface area (Å²) in [5.74, 6) is -0.606. The first-order valence-corrected chi connectivity index (χ1v) is 16.6. The molecule has 10 heteroatoms. The third-order valence-corrected chi connectivity index (χ3v) is 10.9. The molecule has 2 saturated carbocycles. The number of amides is 1. The normalized spacial score (nSPS) is 24.4. The van der Waals surface area contributed by atoms with Gasteiger partial charge in [-0.1, -0.05) is 30.8 Å². The first-order valence-electron chi connectivity index (χ1n) is 16.6. The van der Waals surface area contributed by atoms with Crippen molar-refractivity contribution in [2.45, 2.75) is 56.9 Å². The minimum atomic E-state index is -1.05. The van der Waals surface area contributed by atoms with Crippen LogP contribution in [-0.4, -0.2) is 77.6 Å². The van der Waals surface area contributed by atoms with E-state index in [0.717, 1.165) is 50.9 Å². The Balaban J connectivity index is 1.17. The van der Waals surface area contributed by atoms with E-state index in [1.54, 1.807) is 0 Å². The van der Waals surface area contributed by atoms with Crippen LogP contribution in [0.4, 0.5) is 14.6 Å². The van der Waals surface area contributed by atoms with Crippen LogP contribution in [0, 0.1) is 28.5 Å². The van der Waals surface area contributed by atoms with E-state index in [2.05, 4.69) is 23.6 Å². The topological polar surface area (TPSA) is 85.6 Å². The number of piperazine rings is 1. The molecule has 4 fully saturated rings. The summed E-state index contributed by atoms with van der Waals surface area (Å²) in [6.45, 7) is 7.58. The van der Waals surface area contributed by atoms with E-state index in [9.17, 15) is 14.4 Å². The molecule has 3 aliphatic carbocycles. The average Bonchev–Trinajstić information content (AvgIpc) is 3.90. The second-order valence-electron chi connectivity index (χ2n) is 14.0. The predicted molar refractivity (Wildman–Crippen MR) is 171 cm³/mol. The smallest absolute Gasteiger partial charge is 0.319 e. The van der Waals surface area contributed by atoms with Gasteiger partial charge in [0.25, 0.3) is 5.91 Å². The van der Waals surface area contributed by atoms with E-state index in [0.29, 0.717) is 41.8 Å². The van der Waals surface area contributed by atoms with E-state index in [1.165, 1.54) is 28.9 Å². The Labute approximate surface area is 267 Å². The second kappa shape index (κ2) is 11.3. The molecule has 1 aromatic heterocycles. The molecule has 8 nitrogen and oxygen atoms in total. The fourth-order valence-corrected chi connectivity index (χ4v) is 8.12. The summed E-state index contributed by atoms with van der Waals surface area (Å²) in [7, 11) is 0. The van der Waals surface area contributed by atoms with Gasteiger partial charge in [-0.05, 0) is 86.2 Å². The highest BCUT2D eigenvalue weighted by Crippen LogP contribution is 2.59. The van der Waals surface area contributed by atoms with Gasteiger partial charge in [0.1, 0.15) is 11.3 Å². The summed E-state index contributed by atoms with van der Waals surface area (Å²) in [6, 6.07) is 11.6. The summed E-state index contributed by atoms with van der Waals surface area (Å²) >= 11 is 0. The van der Waals surface area contributed by atoms with E-state index in [4.69, 9.17) is 14.7 Å². The Morgan fingerprint density at radius 3 is 2.70 bits per heavy atom. The Bertz CT molecular complexity index is 1780. The highest BCUT2D eigenvalue weighted by atomic mass is 19.1. The number of benzene rings is 2. The Morgan fingerprint density at radius 1 is 1.11 bits per heavy atom. The number of carbonyl (C=O) groups is 1. The molecule has 2 saturated heterocycles. The number of nitrogens with zero attached hydrogens (tertiary/aromatic N) is 6. The van der Waals surface area contributed by atoms with Gasteiger partial charge in [0.2, 0.25) is 0 Å². The van der Waals surface area contributed by atoms with Crippen LogP contribution in [0.5, 0.6) is 6.01 Å². The quantitative estimate of drug-likeness (QED) is 0.280. The number of ether oxygens (including phenoxy) is 1. The van der Waals surface area contributed by atoms with Gasteiger partial charge in [0, 0.05) is 42.5 Å². The van der Waals surface area contributed by atoms with Crippen molar-refractivity contribution < 1.29 is 18.3 Å². The average molecular weight is 625 g/mol. The standard InChI is InChI=1S/C36H38F2N6O2/c1-22(37)34(45)44-16-15-43(19-25(44)9-12-39)33-28-8-7-27(26-6-4-5-23-17-24-18-29(24)30(23)26)31(38)32(28)40-35(41-33)46-21-36(10-11-36)20-42-13-2-3-14-42/h4-8,24-25,29H,1-3,9-11,13-21H2/t24-,25+,29+/m1/s1. The van der Waals surface area contributed by atoms with E-state index in [1.807, 2.05) is 29.2 Å². The summed E-state index contributed by atoms with van der Waals surface area (Å²) in [5.41, 5.74) is 4.29. The largest absolute Gasteiger partial charge is 0.463 e. The molecule has 8 rings (SSSR count). The van der Waals surface area contributed by atoms with Crippen LogP contribution in [0.2, 0.25) is 0 Å². The first kappa shape index (κ1) is 29.3. The maximum absolute atomic E-state index is 16.8. The summed E-state index contributed by atoms with van der Waals surface area (Å²) in [6.07, 6.45) is 6.85. The molecule has 0 N–H and O–H groups in total. The molecule has 5 aliphatic rings. The van der Waals surface area contributed by atoms with Crippen molar-refractivity contribution in [2.75, 3.05) is 50.8 Å². The molecular formula is C36H38F2N6O2. The van der Waals surface area contributed by atoms with Gasteiger partial charge in [-0.3, -0.25) is 4.79 Å². The van der Waals surface area contributed by atoms with E-state index in [-0.39, 0.29) is 36.5 Å². The lowest BCUT2D eigenvalue weighted by molar-refractivity contribution is -0.131. The third kappa shape index (κ3) is 5.19. The SMILES string of the molecule is C=C(F)C(=O)N1CCN(c2nc(OCC3(CN4CCCC4)CC3)nc3c(F)c(-c4cccc5c4[C@H]4C[C@H]4C5)ccc23)C[C@@H]1CC#N. The third-order valence-electron chi connectivity index (χ3n) is 10.9. The Hall–Kier alpha value is -4.10. The molecule has 0 radical (unpaired) electrons. The maximum atomic E-state index is 16.8. The van der Waals surface area contributed by atoms with E-state index < -0.39 is 23.6 Å². The van der Waals surface area contributed by atoms with Gasteiger partial charge >= 0.3 is 6.01 Å². The number of anilines is 1. The van der Waals surface area contributed by atoms with Crippen LogP contribution in [0.15, 0.2) is 42.7 Å². The van der Waals surface area contributed by atoms with Crippen molar-refractivity contribution in [3.8, 4) is 23.2 Å². The number of carbonyl (C=O) groups excluding carboxylic acids is 1. The first-order chi connectivity index (χ1) is 22.3. The van der Waals surface area contributed by atoms with Gasteiger partial charge in [-0.2, -0.15) is 15.2 Å². The molecule has 238 valence electrons. The lowest BCUT2D eigenvalue weighted by atomic mass is 9.93. The van der Waals surface area contributed by atoms with Crippen molar-refractivity contribution in [2.24, 2.45) is 11.3 Å². The van der Waals surface area contributed by atoms with Crippen LogP contribution in [0.3, 0.4) is 0 Å². The zero-order valence-corrected chi connectivity index (χ0v) is 26.0. The van der Waals surface area contributed by atoms with Crippen LogP contribution in [0.1, 0.15) is 55.6 Å². The lowest BCUT2D eigenvalue weighted by Crippen LogP contribution is -2.55. The molecule has 0 bridgehead atoms. The van der Waals surface area contributed by atoms with Crippen molar-refractivity contribution in [1.29, 1.82) is 5.26 Å². The zero-order valence-electron chi connectivity index (χ0n) is 26.0. The maximum Gasteiger partial charge on any atom is 0.319 e. The van der Waals surface area contributed by atoms with Gasteiger partial charge in [0.15, 0.2) is 11.6 Å². The highest BCUT2D eigenvalue weighted by Gasteiger charge is 2.47. The number of hydrogen-bond donors (Lipinski definition) is 0. The van der Waals surface area contributed by atoms with Crippen LogP contribution >= 0.6 is 0 Å². The number of fused-ring (bicyclic) bond motifs is 4.